The minimum Gasteiger partial charge on any atom is -0.465 e. The molecule has 0 fully saturated rings. The molecular weight excluding hydrogens is 450 g/mol. The normalized spacial score (nSPS) is 13.5. The van der Waals surface area contributed by atoms with Crippen molar-refractivity contribution >= 4 is 34.5 Å². The first kappa shape index (κ1) is 26.0. The van der Waals surface area contributed by atoms with Gasteiger partial charge in [0, 0.05) is 18.7 Å². The number of hydrogen-bond acceptors (Lipinski definition) is 6. The molecular formula is C26H35N3O4S. The van der Waals surface area contributed by atoms with Crippen LogP contribution in [0, 0.1) is 0 Å². The molecule has 1 aromatic heterocycles. The lowest BCUT2D eigenvalue weighted by atomic mass is 9.97. The summed E-state index contributed by atoms with van der Waals surface area (Å²) in [6.07, 6.45) is 10.8. The number of thioether (sulfide) groups is 1. The number of nitrogens with one attached hydrogen (secondary N) is 1. The number of hydrogen-bond donors (Lipinski definition) is 1. The molecule has 34 heavy (non-hydrogen) atoms. The zero-order valence-electron chi connectivity index (χ0n) is 20.2. The fraction of sp³-hybridized carbons (Fsp3) is 0.538. The first-order valence-corrected chi connectivity index (χ1v) is 13.3. The maximum Gasteiger partial charge on any atom is 0.316 e. The first-order chi connectivity index (χ1) is 16.5. The van der Waals surface area contributed by atoms with Gasteiger partial charge in [-0.3, -0.25) is 19.0 Å². The third kappa shape index (κ3) is 7.19. The van der Waals surface area contributed by atoms with Gasteiger partial charge >= 0.3 is 5.97 Å². The van der Waals surface area contributed by atoms with Crippen molar-refractivity contribution in [2.45, 2.75) is 76.9 Å². The number of rotatable bonds is 12. The van der Waals surface area contributed by atoms with Gasteiger partial charge in [-0.25, -0.2) is 4.98 Å². The summed E-state index contributed by atoms with van der Waals surface area (Å²) in [6.45, 7) is 5.31. The van der Waals surface area contributed by atoms with E-state index in [0.717, 1.165) is 38.5 Å². The highest BCUT2D eigenvalue weighted by Gasteiger charge is 2.16. The van der Waals surface area contributed by atoms with Gasteiger partial charge in [-0.1, -0.05) is 43.2 Å². The summed E-state index contributed by atoms with van der Waals surface area (Å²) in [4.78, 5) is 42.5. The molecule has 0 aliphatic heterocycles. The Kier molecular flexibility index (Phi) is 10.2. The number of unbranched alkanes of at least 4 members (excludes halogenated alkanes) is 2. The molecule has 8 heteroatoms. The van der Waals surface area contributed by atoms with Crippen molar-refractivity contribution in [1.29, 1.82) is 0 Å². The number of benzene rings is 1. The second kappa shape index (κ2) is 13.3. The van der Waals surface area contributed by atoms with Gasteiger partial charge in [-0.15, -0.1) is 0 Å². The number of carbonyl (C=O) groups excluding carboxylic acids is 2. The lowest BCUT2D eigenvalue weighted by molar-refractivity contribution is -0.139. The zero-order chi connectivity index (χ0) is 24.3. The van der Waals surface area contributed by atoms with Gasteiger partial charge in [0.15, 0.2) is 5.16 Å². The van der Waals surface area contributed by atoms with Crippen LogP contribution in [-0.2, 0) is 16.1 Å². The molecule has 1 N–H and O–H groups in total. The van der Waals surface area contributed by atoms with Gasteiger partial charge in [0.05, 0.1) is 23.3 Å². The van der Waals surface area contributed by atoms with Crippen LogP contribution >= 0.6 is 11.8 Å². The summed E-state index contributed by atoms with van der Waals surface area (Å²) < 4.78 is 6.66. The number of esters is 1. The molecule has 0 unspecified atom stereocenters. The molecule has 0 saturated carbocycles. The summed E-state index contributed by atoms with van der Waals surface area (Å²) in [5, 5.41) is 3.93. The van der Waals surface area contributed by atoms with Crippen LogP contribution in [0.15, 0.2) is 39.8 Å². The highest BCUT2D eigenvalue weighted by Crippen LogP contribution is 2.21. The predicted molar refractivity (Wildman–Crippen MR) is 136 cm³/mol. The molecule has 3 rings (SSSR count). The minimum atomic E-state index is -0.344. The maximum absolute atomic E-state index is 13.2. The van der Waals surface area contributed by atoms with Crippen molar-refractivity contribution in [3.63, 3.8) is 0 Å². The van der Waals surface area contributed by atoms with E-state index in [1.54, 1.807) is 29.7 Å². The Hall–Kier alpha value is -2.61. The van der Waals surface area contributed by atoms with E-state index in [1.807, 2.05) is 0 Å². The molecule has 184 valence electrons. The first-order valence-electron chi connectivity index (χ1n) is 12.3. The second-order valence-corrected chi connectivity index (χ2v) is 9.44. The molecule has 1 heterocycles. The van der Waals surface area contributed by atoms with Crippen LogP contribution in [0.4, 0.5) is 0 Å². The fourth-order valence-corrected chi connectivity index (χ4v) is 4.89. The summed E-state index contributed by atoms with van der Waals surface area (Å²) in [7, 11) is 0. The molecule has 0 spiro atoms. The highest BCUT2D eigenvalue weighted by molar-refractivity contribution is 7.99. The standard InChI is InChI=1S/C26H35N3O4S/c1-3-5-9-16-29-25(32)21-13-12-20(24(31)27-15-14-19-10-7-6-8-11-19)17-22(21)28-26(29)34-18-23(30)33-4-2/h10,12-13,17H,3-9,11,14-16,18H2,1-2H3,(H,27,31). The number of allylic oxidation sites excluding steroid dienone is 1. The van der Waals surface area contributed by atoms with Crippen molar-refractivity contribution in [1.82, 2.24) is 14.9 Å². The van der Waals surface area contributed by atoms with Crippen LogP contribution in [0.25, 0.3) is 10.9 Å². The molecule has 0 bridgehead atoms. The van der Waals surface area contributed by atoms with E-state index < -0.39 is 0 Å². The average Bonchev–Trinajstić information content (AvgIpc) is 2.85. The van der Waals surface area contributed by atoms with E-state index in [9.17, 15) is 14.4 Å². The lowest BCUT2D eigenvalue weighted by Crippen LogP contribution is -2.26. The Morgan fingerprint density at radius 3 is 2.79 bits per heavy atom. The molecule has 0 saturated heterocycles. The van der Waals surface area contributed by atoms with Gasteiger partial charge in [-0.05, 0) is 63.6 Å². The minimum absolute atomic E-state index is 0.0790. The number of nitrogens with zero attached hydrogens (tertiary/aromatic N) is 2. The number of fused-ring (bicyclic) bond motifs is 1. The number of ether oxygens (including phenoxy) is 1. The third-order valence-corrected chi connectivity index (χ3v) is 6.86. The van der Waals surface area contributed by atoms with E-state index >= 15 is 0 Å². The van der Waals surface area contributed by atoms with E-state index in [1.165, 1.54) is 30.2 Å². The molecule has 0 atom stereocenters. The van der Waals surface area contributed by atoms with Gasteiger partial charge in [-0.2, -0.15) is 0 Å². The summed E-state index contributed by atoms with van der Waals surface area (Å²) in [5.74, 6) is -0.439. The van der Waals surface area contributed by atoms with Crippen LogP contribution in [0.1, 0.15) is 75.6 Å². The van der Waals surface area contributed by atoms with Crippen molar-refractivity contribution in [2.24, 2.45) is 0 Å². The van der Waals surface area contributed by atoms with E-state index in [2.05, 4.69) is 23.3 Å². The van der Waals surface area contributed by atoms with E-state index in [0.29, 0.717) is 41.3 Å². The van der Waals surface area contributed by atoms with Gasteiger partial charge < -0.3 is 10.1 Å². The molecule has 2 aromatic rings. The molecule has 0 radical (unpaired) electrons. The van der Waals surface area contributed by atoms with Crippen LogP contribution in [0.3, 0.4) is 0 Å². The van der Waals surface area contributed by atoms with Crippen LogP contribution in [-0.4, -0.2) is 40.3 Å². The van der Waals surface area contributed by atoms with Gasteiger partial charge in [0.1, 0.15) is 0 Å². The van der Waals surface area contributed by atoms with E-state index in [-0.39, 0.29) is 23.2 Å². The van der Waals surface area contributed by atoms with E-state index in [4.69, 9.17) is 4.74 Å². The number of carbonyl (C=O) groups is 2. The Morgan fingerprint density at radius 2 is 2.06 bits per heavy atom. The van der Waals surface area contributed by atoms with Crippen LogP contribution in [0.5, 0.6) is 0 Å². The van der Waals surface area contributed by atoms with Crippen molar-refractivity contribution in [3.05, 3.63) is 45.8 Å². The predicted octanol–water partition coefficient (Wildman–Crippen LogP) is 4.86. The highest BCUT2D eigenvalue weighted by atomic mass is 32.2. The number of aromatic nitrogens is 2. The molecule has 1 amide bonds. The lowest BCUT2D eigenvalue weighted by Gasteiger charge is -2.14. The van der Waals surface area contributed by atoms with Crippen molar-refractivity contribution in [3.8, 4) is 0 Å². The summed E-state index contributed by atoms with van der Waals surface area (Å²) >= 11 is 1.20. The Labute approximate surface area is 205 Å². The molecule has 1 aromatic carbocycles. The van der Waals surface area contributed by atoms with Gasteiger partial charge in [0.2, 0.25) is 0 Å². The Balaban J connectivity index is 1.79. The monoisotopic (exact) mass is 485 g/mol. The quantitative estimate of drug-likeness (QED) is 0.152. The topological polar surface area (TPSA) is 90.3 Å². The largest absolute Gasteiger partial charge is 0.465 e. The van der Waals surface area contributed by atoms with Crippen molar-refractivity contribution < 1.29 is 14.3 Å². The molecule has 1 aliphatic rings. The second-order valence-electron chi connectivity index (χ2n) is 8.50. The maximum atomic E-state index is 13.2. The Bertz CT molecular complexity index is 1090. The van der Waals surface area contributed by atoms with Gasteiger partial charge in [0.25, 0.3) is 11.5 Å². The SMILES string of the molecule is CCCCCn1c(SCC(=O)OCC)nc2cc(C(=O)NCCC3=CCCCC3)ccc2c1=O. The third-order valence-electron chi connectivity index (χ3n) is 5.91. The summed E-state index contributed by atoms with van der Waals surface area (Å²) in [5.41, 5.74) is 2.20. The number of amides is 1. The summed E-state index contributed by atoms with van der Waals surface area (Å²) in [6, 6.07) is 5.03. The molecule has 1 aliphatic carbocycles. The average molecular weight is 486 g/mol. The zero-order valence-corrected chi connectivity index (χ0v) is 21.0. The van der Waals surface area contributed by atoms with Crippen molar-refractivity contribution in [2.75, 3.05) is 18.9 Å². The Morgan fingerprint density at radius 1 is 1.21 bits per heavy atom. The fourth-order valence-electron chi connectivity index (χ4n) is 4.07. The van der Waals surface area contributed by atoms with Crippen LogP contribution in [0.2, 0.25) is 0 Å². The van der Waals surface area contributed by atoms with Crippen LogP contribution < -0.4 is 10.9 Å². The molecule has 7 nitrogen and oxygen atoms in total. The smallest absolute Gasteiger partial charge is 0.316 e.